The Morgan fingerprint density at radius 1 is 1.43 bits per heavy atom. The molecule has 2 aromatic rings. The molecule has 114 valence electrons. The molecule has 2 aromatic heterocycles. The highest BCUT2D eigenvalue weighted by Gasteiger charge is 2.17. The van der Waals surface area contributed by atoms with Crippen molar-refractivity contribution in [3.63, 3.8) is 0 Å². The molecule has 8 heteroatoms. The van der Waals surface area contributed by atoms with Crippen LogP contribution in [0.1, 0.15) is 37.4 Å². The summed E-state index contributed by atoms with van der Waals surface area (Å²) in [5.41, 5.74) is 0.421. The zero-order valence-corrected chi connectivity index (χ0v) is 14.0. The van der Waals surface area contributed by atoms with Gasteiger partial charge in [-0.05, 0) is 27.7 Å². The van der Waals surface area contributed by atoms with Crippen LogP contribution in [0.25, 0.3) is 0 Å². The molecule has 0 amide bonds. The minimum absolute atomic E-state index is 0.148. The molecule has 0 aliphatic heterocycles. The van der Waals surface area contributed by atoms with E-state index in [1.54, 1.807) is 11.3 Å². The molecule has 0 N–H and O–H groups in total. The molecule has 0 aromatic carbocycles. The Balaban J connectivity index is 1.84. The van der Waals surface area contributed by atoms with E-state index in [9.17, 15) is 4.79 Å². The standard InChI is InChI=1S/C13H17N3O3S2/c1-8-14-9(6-20-8)5-10-15-16-12(18-10)21-7-11(17)19-13(2,3)4/h6H,5,7H2,1-4H3. The zero-order valence-electron chi connectivity index (χ0n) is 12.4. The molecule has 0 aliphatic rings. The highest BCUT2D eigenvalue weighted by molar-refractivity contribution is 7.99. The van der Waals surface area contributed by atoms with E-state index in [0.29, 0.717) is 17.5 Å². The number of esters is 1. The van der Waals surface area contributed by atoms with E-state index in [4.69, 9.17) is 9.15 Å². The van der Waals surface area contributed by atoms with Crippen LogP contribution in [0.4, 0.5) is 0 Å². The fraction of sp³-hybridized carbons (Fsp3) is 0.538. The molecule has 2 rings (SSSR count). The summed E-state index contributed by atoms with van der Waals surface area (Å²) in [6.45, 7) is 7.44. The van der Waals surface area contributed by atoms with Gasteiger partial charge in [-0.2, -0.15) is 0 Å². The fourth-order valence-electron chi connectivity index (χ4n) is 1.50. The van der Waals surface area contributed by atoms with Gasteiger partial charge in [0, 0.05) is 5.38 Å². The van der Waals surface area contributed by atoms with Crippen molar-refractivity contribution in [3.05, 3.63) is 22.0 Å². The average Bonchev–Trinajstić information content (AvgIpc) is 2.95. The number of aromatic nitrogens is 3. The molecular weight excluding hydrogens is 310 g/mol. The lowest BCUT2D eigenvalue weighted by Crippen LogP contribution is -2.24. The number of thioether (sulfide) groups is 1. The van der Waals surface area contributed by atoms with Crippen LogP contribution in [0.3, 0.4) is 0 Å². The predicted octanol–water partition coefficient (Wildman–Crippen LogP) is 2.86. The molecule has 0 bridgehead atoms. The van der Waals surface area contributed by atoms with Gasteiger partial charge in [0.15, 0.2) is 0 Å². The Morgan fingerprint density at radius 2 is 2.19 bits per heavy atom. The third-order valence-electron chi connectivity index (χ3n) is 2.18. The summed E-state index contributed by atoms with van der Waals surface area (Å²) in [7, 11) is 0. The molecule has 0 saturated carbocycles. The molecule has 6 nitrogen and oxygen atoms in total. The summed E-state index contributed by atoms with van der Waals surface area (Å²) < 4.78 is 10.7. The van der Waals surface area contributed by atoms with Gasteiger partial charge in [-0.1, -0.05) is 11.8 Å². The van der Waals surface area contributed by atoms with Crippen LogP contribution in [-0.4, -0.2) is 32.5 Å². The topological polar surface area (TPSA) is 78.1 Å². The lowest BCUT2D eigenvalue weighted by atomic mass is 10.2. The number of thiazole rings is 1. The van der Waals surface area contributed by atoms with Crippen molar-refractivity contribution in [2.45, 2.75) is 44.9 Å². The average molecular weight is 327 g/mol. The van der Waals surface area contributed by atoms with Gasteiger partial charge >= 0.3 is 5.97 Å². The van der Waals surface area contributed by atoms with Crippen LogP contribution in [0.15, 0.2) is 15.0 Å². The summed E-state index contributed by atoms with van der Waals surface area (Å²) in [6.07, 6.45) is 0.504. The zero-order chi connectivity index (χ0) is 15.5. The second-order valence-electron chi connectivity index (χ2n) is 5.37. The molecular formula is C13H17N3O3S2. The highest BCUT2D eigenvalue weighted by Crippen LogP contribution is 2.19. The number of nitrogens with zero attached hydrogens (tertiary/aromatic N) is 3. The van der Waals surface area contributed by atoms with Crippen molar-refractivity contribution < 1.29 is 13.9 Å². The molecule has 0 aliphatic carbocycles. The Kier molecular flexibility index (Phi) is 5.00. The minimum Gasteiger partial charge on any atom is -0.459 e. The van der Waals surface area contributed by atoms with E-state index in [-0.39, 0.29) is 11.7 Å². The van der Waals surface area contributed by atoms with Gasteiger partial charge in [-0.25, -0.2) is 4.98 Å². The first kappa shape index (κ1) is 16.0. The number of carbonyl (C=O) groups excluding carboxylic acids is 1. The SMILES string of the molecule is Cc1nc(Cc2nnc(SCC(=O)OC(C)(C)C)o2)cs1. The number of ether oxygens (including phenoxy) is 1. The normalized spacial score (nSPS) is 11.6. The van der Waals surface area contributed by atoms with Crippen LogP contribution >= 0.6 is 23.1 Å². The van der Waals surface area contributed by atoms with Crippen molar-refractivity contribution >= 4 is 29.1 Å². The molecule has 0 atom stereocenters. The first-order valence-electron chi connectivity index (χ1n) is 6.40. The number of hydrogen-bond acceptors (Lipinski definition) is 8. The lowest BCUT2D eigenvalue weighted by molar-refractivity contribution is -0.151. The van der Waals surface area contributed by atoms with E-state index in [1.807, 2.05) is 33.1 Å². The van der Waals surface area contributed by atoms with Gasteiger partial charge in [0.1, 0.15) is 11.4 Å². The van der Waals surface area contributed by atoms with E-state index in [2.05, 4.69) is 15.2 Å². The van der Waals surface area contributed by atoms with E-state index < -0.39 is 5.60 Å². The third-order valence-corrected chi connectivity index (χ3v) is 3.80. The van der Waals surface area contributed by atoms with Crippen molar-refractivity contribution in [2.75, 3.05) is 5.75 Å². The minimum atomic E-state index is -0.486. The number of rotatable bonds is 5. The van der Waals surface area contributed by atoms with E-state index >= 15 is 0 Å². The van der Waals surface area contributed by atoms with E-state index in [0.717, 1.165) is 10.7 Å². The van der Waals surface area contributed by atoms with Gasteiger partial charge in [-0.15, -0.1) is 21.5 Å². The molecule has 0 spiro atoms. The Labute approximate surface area is 131 Å². The molecule has 0 saturated heterocycles. The maximum absolute atomic E-state index is 11.6. The second-order valence-corrected chi connectivity index (χ2v) is 7.36. The molecule has 2 heterocycles. The fourth-order valence-corrected chi connectivity index (χ4v) is 2.67. The lowest BCUT2D eigenvalue weighted by Gasteiger charge is -2.18. The Hall–Kier alpha value is -1.41. The van der Waals surface area contributed by atoms with Gasteiger partial charge in [0.25, 0.3) is 5.22 Å². The largest absolute Gasteiger partial charge is 0.459 e. The van der Waals surface area contributed by atoms with Crippen LogP contribution in [0, 0.1) is 6.92 Å². The number of hydrogen-bond donors (Lipinski definition) is 0. The summed E-state index contributed by atoms with van der Waals surface area (Å²) in [6, 6.07) is 0. The van der Waals surface area contributed by atoms with Crippen LogP contribution in [-0.2, 0) is 16.0 Å². The molecule has 0 fully saturated rings. The molecule has 0 unspecified atom stereocenters. The van der Waals surface area contributed by atoms with Gasteiger partial charge in [-0.3, -0.25) is 4.79 Å². The smallest absolute Gasteiger partial charge is 0.316 e. The first-order valence-corrected chi connectivity index (χ1v) is 8.26. The van der Waals surface area contributed by atoms with Crippen molar-refractivity contribution in [2.24, 2.45) is 0 Å². The molecule has 21 heavy (non-hydrogen) atoms. The monoisotopic (exact) mass is 327 g/mol. The van der Waals surface area contributed by atoms with Gasteiger partial charge in [0.2, 0.25) is 5.89 Å². The predicted molar refractivity (Wildman–Crippen MR) is 80.5 cm³/mol. The number of aryl methyl sites for hydroxylation is 1. The highest BCUT2D eigenvalue weighted by atomic mass is 32.2. The summed E-state index contributed by atoms with van der Waals surface area (Å²) in [5.74, 6) is 0.337. The molecule has 0 radical (unpaired) electrons. The van der Waals surface area contributed by atoms with Crippen molar-refractivity contribution in [1.82, 2.24) is 15.2 Å². The maximum atomic E-state index is 11.6. The first-order chi connectivity index (χ1) is 9.82. The maximum Gasteiger partial charge on any atom is 0.316 e. The second kappa shape index (κ2) is 6.57. The quantitative estimate of drug-likeness (QED) is 0.617. The summed E-state index contributed by atoms with van der Waals surface area (Å²) in [4.78, 5) is 15.9. The van der Waals surface area contributed by atoms with Crippen molar-refractivity contribution in [3.8, 4) is 0 Å². The van der Waals surface area contributed by atoms with Crippen LogP contribution in [0.5, 0.6) is 0 Å². The Bertz CT molecular complexity index is 616. The van der Waals surface area contributed by atoms with E-state index in [1.165, 1.54) is 11.8 Å². The summed E-state index contributed by atoms with van der Waals surface area (Å²) >= 11 is 2.76. The summed E-state index contributed by atoms with van der Waals surface area (Å²) in [5, 5.41) is 11.2. The van der Waals surface area contributed by atoms with Crippen molar-refractivity contribution in [1.29, 1.82) is 0 Å². The van der Waals surface area contributed by atoms with Gasteiger partial charge in [0.05, 0.1) is 17.1 Å². The number of carbonyl (C=O) groups is 1. The third kappa shape index (κ3) is 5.47. The van der Waals surface area contributed by atoms with Crippen LogP contribution in [0.2, 0.25) is 0 Å². The Morgan fingerprint density at radius 3 is 2.81 bits per heavy atom. The van der Waals surface area contributed by atoms with Gasteiger partial charge < -0.3 is 9.15 Å². The van der Waals surface area contributed by atoms with Crippen LogP contribution < -0.4 is 0 Å².